The Labute approximate surface area is 114 Å². The predicted molar refractivity (Wildman–Crippen MR) is 75.4 cm³/mol. The lowest BCUT2D eigenvalue weighted by Crippen LogP contribution is -2.19. The number of hydrogen-bond acceptors (Lipinski definition) is 1. The third-order valence-corrected chi connectivity index (χ3v) is 3.13. The SMILES string of the molecule is COc1ccc(Cl)cc1CC(C)(C)CC(C)Cl. The van der Waals surface area contributed by atoms with Gasteiger partial charge in [0.25, 0.3) is 0 Å². The minimum atomic E-state index is 0.138. The number of halogens is 2. The molecule has 0 fully saturated rings. The van der Waals surface area contributed by atoms with Gasteiger partial charge in [-0.15, -0.1) is 11.6 Å². The molecule has 0 aliphatic rings. The van der Waals surface area contributed by atoms with E-state index in [0.29, 0.717) is 0 Å². The molecule has 0 aliphatic heterocycles. The normalized spacial score (nSPS) is 13.5. The van der Waals surface area contributed by atoms with Gasteiger partial charge in [0.1, 0.15) is 5.75 Å². The number of alkyl halides is 1. The maximum atomic E-state index is 6.08. The fourth-order valence-electron chi connectivity index (χ4n) is 2.23. The average molecular weight is 275 g/mol. The van der Waals surface area contributed by atoms with Crippen molar-refractivity contribution in [3.63, 3.8) is 0 Å². The molecule has 0 saturated heterocycles. The van der Waals surface area contributed by atoms with E-state index in [4.69, 9.17) is 27.9 Å². The number of ether oxygens (including phenoxy) is 1. The van der Waals surface area contributed by atoms with Crippen molar-refractivity contribution in [2.75, 3.05) is 7.11 Å². The van der Waals surface area contributed by atoms with Crippen LogP contribution in [0.25, 0.3) is 0 Å². The molecule has 0 aromatic heterocycles. The fraction of sp³-hybridized carbons (Fsp3) is 0.571. The summed E-state index contributed by atoms with van der Waals surface area (Å²) in [6.45, 7) is 6.46. The summed E-state index contributed by atoms with van der Waals surface area (Å²) in [5.74, 6) is 0.893. The lowest BCUT2D eigenvalue weighted by molar-refractivity contribution is 0.323. The Morgan fingerprint density at radius 2 is 2.00 bits per heavy atom. The minimum absolute atomic E-state index is 0.138. The molecular formula is C14H20Cl2O. The molecule has 1 rings (SSSR count). The van der Waals surface area contributed by atoms with Crippen LogP contribution in [0, 0.1) is 5.41 Å². The second-order valence-electron chi connectivity index (χ2n) is 5.28. The van der Waals surface area contributed by atoms with E-state index >= 15 is 0 Å². The molecule has 0 N–H and O–H groups in total. The van der Waals surface area contributed by atoms with Crippen LogP contribution in [0.2, 0.25) is 5.02 Å². The summed E-state index contributed by atoms with van der Waals surface area (Å²) in [6, 6.07) is 5.74. The zero-order valence-electron chi connectivity index (χ0n) is 10.9. The van der Waals surface area contributed by atoms with E-state index in [2.05, 4.69) is 13.8 Å². The molecule has 0 radical (unpaired) electrons. The molecule has 1 aromatic carbocycles. The third-order valence-electron chi connectivity index (χ3n) is 2.75. The maximum Gasteiger partial charge on any atom is 0.122 e. The topological polar surface area (TPSA) is 9.23 Å². The first-order valence-corrected chi connectivity index (χ1v) is 6.62. The van der Waals surface area contributed by atoms with Gasteiger partial charge in [-0.3, -0.25) is 0 Å². The van der Waals surface area contributed by atoms with Crippen LogP contribution in [-0.4, -0.2) is 12.5 Å². The second-order valence-corrected chi connectivity index (χ2v) is 6.46. The van der Waals surface area contributed by atoms with Crippen molar-refractivity contribution in [2.24, 2.45) is 5.41 Å². The fourth-order valence-corrected chi connectivity index (χ4v) is 2.85. The van der Waals surface area contributed by atoms with Gasteiger partial charge in [-0.05, 0) is 48.9 Å². The Hall–Kier alpha value is -0.400. The molecule has 96 valence electrons. The van der Waals surface area contributed by atoms with Crippen molar-refractivity contribution in [1.82, 2.24) is 0 Å². The van der Waals surface area contributed by atoms with Gasteiger partial charge in [-0.1, -0.05) is 25.4 Å². The highest BCUT2D eigenvalue weighted by atomic mass is 35.5. The second kappa shape index (κ2) is 5.97. The Bertz CT molecular complexity index is 372. The molecule has 17 heavy (non-hydrogen) atoms. The van der Waals surface area contributed by atoms with E-state index in [0.717, 1.165) is 29.2 Å². The molecule has 1 aromatic rings. The standard InChI is InChI=1S/C14H20Cl2O/c1-10(15)8-14(2,3)9-11-7-12(16)5-6-13(11)17-4/h5-7,10H,8-9H2,1-4H3. The molecule has 1 unspecified atom stereocenters. The quantitative estimate of drug-likeness (QED) is 0.692. The summed E-state index contributed by atoms with van der Waals surface area (Å²) in [5.41, 5.74) is 1.28. The van der Waals surface area contributed by atoms with Crippen molar-refractivity contribution in [2.45, 2.75) is 39.0 Å². The Balaban J connectivity index is 2.89. The number of hydrogen-bond donors (Lipinski definition) is 0. The van der Waals surface area contributed by atoms with Gasteiger partial charge in [-0.25, -0.2) is 0 Å². The van der Waals surface area contributed by atoms with Gasteiger partial charge >= 0.3 is 0 Å². The van der Waals surface area contributed by atoms with Crippen LogP contribution in [0.3, 0.4) is 0 Å². The number of benzene rings is 1. The molecule has 0 heterocycles. The minimum Gasteiger partial charge on any atom is -0.496 e. The molecule has 0 saturated carbocycles. The van der Waals surface area contributed by atoms with Crippen molar-refractivity contribution < 1.29 is 4.74 Å². The predicted octanol–water partition coefficient (Wildman–Crippen LogP) is 4.93. The van der Waals surface area contributed by atoms with Gasteiger partial charge in [0.15, 0.2) is 0 Å². The van der Waals surface area contributed by atoms with Crippen molar-refractivity contribution in [3.8, 4) is 5.75 Å². The van der Waals surface area contributed by atoms with Crippen molar-refractivity contribution in [1.29, 1.82) is 0 Å². The maximum absolute atomic E-state index is 6.08. The highest BCUT2D eigenvalue weighted by Gasteiger charge is 2.22. The molecule has 0 bridgehead atoms. The Morgan fingerprint density at radius 1 is 1.35 bits per heavy atom. The molecular weight excluding hydrogens is 255 g/mol. The van der Waals surface area contributed by atoms with Gasteiger partial charge in [0, 0.05) is 10.4 Å². The summed E-state index contributed by atoms with van der Waals surface area (Å²) in [5, 5.41) is 0.922. The summed E-state index contributed by atoms with van der Waals surface area (Å²) in [4.78, 5) is 0. The first-order chi connectivity index (χ1) is 7.84. The highest BCUT2D eigenvalue weighted by Crippen LogP contribution is 2.33. The van der Waals surface area contributed by atoms with E-state index in [1.165, 1.54) is 0 Å². The van der Waals surface area contributed by atoms with Crippen molar-refractivity contribution in [3.05, 3.63) is 28.8 Å². The summed E-state index contributed by atoms with van der Waals surface area (Å²) >= 11 is 12.1. The highest BCUT2D eigenvalue weighted by molar-refractivity contribution is 6.30. The van der Waals surface area contributed by atoms with Gasteiger partial charge < -0.3 is 4.74 Å². The van der Waals surface area contributed by atoms with E-state index < -0.39 is 0 Å². The summed E-state index contributed by atoms with van der Waals surface area (Å²) < 4.78 is 5.36. The zero-order valence-corrected chi connectivity index (χ0v) is 12.4. The van der Waals surface area contributed by atoms with Crippen molar-refractivity contribution >= 4 is 23.2 Å². The smallest absolute Gasteiger partial charge is 0.122 e. The van der Waals surface area contributed by atoms with E-state index in [1.807, 2.05) is 25.1 Å². The van der Waals surface area contributed by atoms with Crippen LogP contribution in [0.15, 0.2) is 18.2 Å². The number of methoxy groups -OCH3 is 1. The largest absolute Gasteiger partial charge is 0.496 e. The van der Waals surface area contributed by atoms with Crippen LogP contribution in [0.5, 0.6) is 5.75 Å². The van der Waals surface area contributed by atoms with Gasteiger partial charge in [0.05, 0.1) is 7.11 Å². The van der Waals surface area contributed by atoms with Crippen LogP contribution >= 0.6 is 23.2 Å². The average Bonchev–Trinajstić information content (AvgIpc) is 2.14. The first kappa shape index (κ1) is 14.7. The molecule has 0 aliphatic carbocycles. The molecule has 3 heteroatoms. The molecule has 1 nitrogen and oxygen atoms in total. The molecule has 1 atom stereocenters. The Kier molecular flexibility index (Phi) is 5.15. The van der Waals surface area contributed by atoms with Crippen LogP contribution in [0.1, 0.15) is 32.8 Å². The lowest BCUT2D eigenvalue weighted by atomic mass is 9.81. The van der Waals surface area contributed by atoms with E-state index in [9.17, 15) is 0 Å². The van der Waals surface area contributed by atoms with Gasteiger partial charge in [0.2, 0.25) is 0 Å². The number of rotatable bonds is 5. The van der Waals surface area contributed by atoms with E-state index in [1.54, 1.807) is 7.11 Å². The Morgan fingerprint density at radius 3 is 2.53 bits per heavy atom. The summed E-state index contributed by atoms with van der Waals surface area (Å²) in [7, 11) is 1.68. The third kappa shape index (κ3) is 4.77. The molecule has 0 amide bonds. The van der Waals surface area contributed by atoms with Crippen LogP contribution in [-0.2, 0) is 6.42 Å². The monoisotopic (exact) mass is 274 g/mol. The van der Waals surface area contributed by atoms with Gasteiger partial charge in [-0.2, -0.15) is 0 Å². The lowest BCUT2D eigenvalue weighted by Gasteiger charge is -2.26. The van der Waals surface area contributed by atoms with Crippen LogP contribution in [0.4, 0.5) is 0 Å². The van der Waals surface area contributed by atoms with Crippen LogP contribution < -0.4 is 4.74 Å². The van der Waals surface area contributed by atoms with E-state index in [-0.39, 0.29) is 10.8 Å². The first-order valence-electron chi connectivity index (χ1n) is 5.80. The summed E-state index contributed by atoms with van der Waals surface area (Å²) in [6.07, 6.45) is 1.87. The zero-order chi connectivity index (χ0) is 13.1. The molecule has 0 spiro atoms.